The molecular formula is C13H20FNS. The summed E-state index contributed by atoms with van der Waals surface area (Å²) in [6, 6.07) is 7.69. The summed E-state index contributed by atoms with van der Waals surface area (Å²) in [5.41, 5.74) is 1.18. The Balaban J connectivity index is 2.39. The number of rotatable bonds is 6. The Morgan fingerprint density at radius 3 is 2.38 bits per heavy atom. The lowest BCUT2D eigenvalue weighted by Crippen LogP contribution is -2.37. The molecule has 0 aliphatic rings. The normalized spacial score (nSPS) is 14.8. The third-order valence-corrected chi connectivity index (χ3v) is 3.27. The van der Waals surface area contributed by atoms with Crippen molar-refractivity contribution < 1.29 is 4.39 Å². The predicted molar refractivity (Wildman–Crippen MR) is 70.5 cm³/mol. The molecule has 0 aliphatic carbocycles. The van der Waals surface area contributed by atoms with Gasteiger partial charge in [-0.15, -0.1) is 0 Å². The average molecular weight is 241 g/mol. The lowest BCUT2D eigenvalue weighted by Gasteiger charge is -2.19. The first-order valence-corrected chi connectivity index (χ1v) is 7.00. The van der Waals surface area contributed by atoms with E-state index in [-0.39, 0.29) is 5.82 Å². The van der Waals surface area contributed by atoms with Gasteiger partial charge in [0.1, 0.15) is 5.82 Å². The van der Waals surface area contributed by atoms with Crippen LogP contribution in [0.2, 0.25) is 0 Å². The predicted octanol–water partition coefficient (Wildman–Crippen LogP) is 3.10. The van der Waals surface area contributed by atoms with E-state index in [0.717, 1.165) is 12.2 Å². The van der Waals surface area contributed by atoms with Crippen molar-refractivity contribution in [3.63, 3.8) is 0 Å². The molecule has 3 heteroatoms. The van der Waals surface area contributed by atoms with Gasteiger partial charge in [0, 0.05) is 17.8 Å². The lowest BCUT2D eigenvalue weighted by atomic mass is 10.1. The van der Waals surface area contributed by atoms with Crippen LogP contribution in [0.15, 0.2) is 24.3 Å². The van der Waals surface area contributed by atoms with Crippen molar-refractivity contribution in [3.8, 4) is 0 Å². The summed E-state index contributed by atoms with van der Waals surface area (Å²) in [4.78, 5) is 0. The minimum atomic E-state index is -0.167. The first-order valence-electron chi connectivity index (χ1n) is 5.61. The fourth-order valence-corrected chi connectivity index (χ4v) is 2.41. The highest BCUT2D eigenvalue weighted by molar-refractivity contribution is 7.98. The molecule has 2 atom stereocenters. The van der Waals surface area contributed by atoms with Gasteiger partial charge in [0.15, 0.2) is 0 Å². The molecule has 1 aromatic carbocycles. The van der Waals surface area contributed by atoms with E-state index in [0.29, 0.717) is 12.1 Å². The Morgan fingerprint density at radius 2 is 1.81 bits per heavy atom. The standard InChI is InChI=1S/C13H20FNS/c1-10(15-11(2)9-16-3)8-12-4-6-13(14)7-5-12/h4-7,10-11,15H,8-9H2,1-3H3. The monoisotopic (exact) mass is 241 g/mol. The van der Waals surface area contributed by atoms with Crippen LogP contribution in [0.1, 0.15) is 19.4 Å². The highest BCUT2D eigenvalue weighted by atomic mass is 32.2. The third kappa shape index (κ3) is 4.99. The van der Waals surface area contributed by atoms with Gasteiger partial charge in [-0.1, -0.05) is 12.1 Å². The number of hydrogen-bond donors (Lipinski definition) is 1. The maximum atomic E-state index is 12.7. The zero-order valence-corrected chi connectivity index (χ0v) is 11.0. The summed E-state index contributed by atoms with van der Waals surface area (Å²) in [5.74, 6) is 0.952. The Morgan fingerprint density at radius 1 is 1.19 bits per heavy atom. The minimum Gasteiger partial charge on any atom is -0.311 e. The highest BCUT2D eigenvalue weighted by Crippen LogP contribution is 2.06. The fraction of sp³-hybridized carbons (Fsp3) is 0.538. The van der Waals surface area contributed by atoms with Gasteiger partial charge in [-0.25, -0.2) is 4.39 Å². The maximum Gasteiger partial charge on any atom is 0.123 e. The van der Waals surface area contributed by atoms with E-state index in [1.165, 1.54) is 17.7 Å². The largest absolute Gasteiger partial charge is 0.311 e. The van der Waals surface area contributed by atoms with Crippen LogP contribution in [0.4, 0.5) is 4.39 Å². The molecule has 0 heterocycles. The molecule has 0 spiro atoms. The Bertz CT molecular complexity index is 299. The molecule has 0 radical (unpaired) electrons. The van der Waals surface area contributed by atoms with Gasteiger partial charge >= 0.3 is 0 Å². The topological polar surface area (TPSA) is 12.0 Å². The van der Waals surface area contributed by atoms with Crippen LogP contribution < -0.4 is 5.32 Å². The Kier molecular flexibility index (Phi) is 5.85. The van der Waals surface area contributed by atoms with Crippen molar-refractivity contribution in [3.05, 3.63) is 35.6 Å². The number of hydrogen-bond acceptors (Lipinski definition) is 2. The summed E-state index contributed by atoms with van der Waals surface area (Å²) in [6.45, 7) is 4.36. The molecule has 1 aromatic rings. The molecular weight excluding hydrogens is 221 g/mol. The SMILES string of the molecule is CSCC(C)NC(C)Cc1ccc(F)cc1. The smallest absolute Gasteiger partial charge is 0.123 e. The first-order chi connectivity index (χ1) is 7.61. The number of thioether (sulfide) groups is 1. The van der Waals surface area contributed by atoms with Crippen molar-refractivity contribution in [1.29, 1.82) is 0 Å². The summed E-state index contributed by atoms with van der Waals surface area (Å²) in [6.07, 6.45) is 3.06. The molecule has 1 nitrogen and oxygen atoms in total. The van der Waals surface area contributed by atoms with E-state index in [2.05, 4.69) is 25.4 Å². The molecule has 0 saturated heterocycles. The van der Waals surface area contributed by atoms with Crippen LogP contribution in [-0.2, 0) is 6.42 Å². The molecule has 0 bridgehead atoms. The second-order valence-corrected chi connectivity index (χ2v) is 5.17. The molecule has 0 amide bonds. The zero-order valence-electron chi connectivity index (χ0n) is 10.2. The van der Waals surface area contributed by atoms with Crippen LogP contribution in [0.25, 0.3) is 0 Å². The molecule has 0 saturated carbocycles. The minimum absolute atomic E-state index is 0.167. The molecule has 1 rings (SSSR count). The van der Waals surface area contributed by atoms with Crippen molar-refractivity contribution in [1.82, 2.24) is 5.32 Å². The van der Waals surface area contributed by atoms with Gasteiger partial charge < -0.3 is 5.32 Å². The van der Waals surface area contributed by atoms with Gasteiger partial charge in [0.05, 0.1) is 0 Å². The van der Waals surface area contributed by atoms with Crippen molar-refractivity contribution >= 4 is 11.8 Å². The number of nitrogens with one attached hydrogen (secondary N) is 1. The quantitative estimate of drug-likeness (QED) is 0.821. The van der Waals surface area contributed by atoms with E-state index in [1.807, 2.05) is 23.9 Å². The summed E-state index contributed by atoms with van der Waals surface area (Å²) >= 11 is 1.85. The van der Waals surface area contributed by atoms with Gasteiger partial charge in [-0.05, 0) is 44.2 Å². The average Bonchev–Trinajstić information content (AvgIpc) is 2.21. The molecule has 1 N–H and O–H groups in total. The van der Waals surface area contributed by atoms with Gasteiger partial charge in [-0.3, -0.25) is 0 Å². The number of halogens is 1. The molecule has 0 aromatic heterocycles. The molecule has 90 valence electrons. The van der Waals surface area contributed by atoms with Crippen molar-refractivity contribution in [2.45, 2.75) is 32.4 Å². The van der Waals surface area contributed by atoms with E-state index < -0.39 is 0 Å². The highest BCUT2D eigenvalue weighted by Gasteiger charge is 2.07. The fourth-order valence-electron chi connectivity index (χ4n) is 1.82. The summed E-state index contributed by atoms with van der Waals surface area (Å²) in [5, 5.41) is 3.53. The van der Waals surface area contributed by atoms with Crippen LogP contribution in [0.5, 0.6) is 0 Å². The van der Waals surface area contributed by atoms with Crippen LogP contribution >= 0.6 is 11.8 Å². The summed E-state index contributed by atoms with van der Waals surface area (Å²) in [7, 11) is 0. The molecule has 0 aliphatic heterocycles. The van der Waals surface area contributed by atoms with E-state index in [9.17, 15) is 4.39 Å². The third-order valence-electron chi connectivity index (χ3n) is 2.44. The van der Waals surface area contributed by atoms with Crippen molar-refractivity contribution in [2.75, 3.05) is 12.0 Å². The summed E-state index contributed by atoms with van der Waals surface area (Å²) < 4.78 is 12.7. The van der Waals surface area contributed by atoms with E-state index in [1.54, 1.807) is 0 Å². The Labute approximate surface area is 102 Å². The van der Waals surface area contributed by atoms with Crippen LogP contribution in [0, 0.1) is 5.82 Å². The van der Waals surface area contributed by atoms with Gasteiger partial charge in [-0.2, -0.15) is 11.8 Å². The maximum absolute atomic E-state index is 12.7. The molecule has 0 fully saturated rings. The molecule has 16 heavy (non-hydrogen) atoms. The van der Waals surface area contributed by atoms with Gasteiger partial charge in [0.2, 0.25) is 0 Å². The molecule has 2 unspecified atom stereocenters. The lowest BCUT2D eigenvalue weighted by molar-refractivity contribution is 0.492. The van der Waals surface area contributed by atoms with Gasteiger partial charge in [0.25, 0.3) is 0 Å². The van der Waals surface area contributed by atoms with Crippen molar-refractivity contribution in [2.24, 2.45) is 0 Å². The number of benzene rings is 1. The van der Waals surface area contributed by atoms with E-state index >= 15 is 0 Å². The van der Waals surface area contributed by atoms with E-state index in [4.69, 9.17) is 0 Å². The van der Waals surface area contributed by atoms with Crippen LogP contribution in [-0.4, -0.2) is 24.1 Å². The van der Waals surface area contributed by atoms with Crippen LogP contribution in [0.3, 0.4) is 0 Å². The zero-order chi connectivity index (χ0) is 12.0. The second kappa shape index (κ2) is 6.92. The Hall–Kier alpha value is -0.540. The second-order valence-electron chi connectivity index (χ2n) is 4.25. The first kappa shape index (κ1) is 13.5.